The van der Waals surface area contributed by atoms with E-state index in [9.17, 15) is 22.0 Å². The molecule has 0 aliphatic carbocycles. The van der Waals surface area contributed by atoms with Gasteiger partial charge in [0.25, 0.3) is 0 Å². The molecule has 11 heteroatoms. The standard InChI is InChI=1S/C22H25F4NO2.C22H28FNO2/c23-19-3-7-20(8-4-19)28-16-12-18-10-14-27(15-11-18)13-9-17-1-5-21(6-2-17)29-22(24,25)26;1-25-20-8-6-18(7-9-20)10-14-24-15-11-19(12-16-24)13-17-26-22-5-3-2-4-21(22)23/h1-8,18H,9-16H2;2-9,19H,10-17H2,1H3. The summed E-state index contributed by atoms with van der Waals surface area (Å²) in [5.41, 5.74) is 2.35. The number of para-hydroxylation sites is 1. The summed E-state index contributed by atoms with van der Waals surface area (Å²) in [5.74, 6) is 2.53. The second kappa shape index (κ2) is 21.7. The highest BCUT2D eigenvalue weighted by Crippen LogP contribution is 2.25. The van der Waals surface area contributed by atoms with Crippen molar-refractivity contribution in [3.8, 4) is 23.0 Å². The largest absolute Gasteiger partial charge is 0.573 e. The second-order valence-corrected chi connectivity index (χ2v) is 14.3. The van der Waals surface area contributed by atoms with E-state index >= 15 is 0 Å². The average molecular weight is 769 g/mol. The van der Waals surface area contributed by atoms with Crippen LogP contribution in [0.3, 0.4) is 0 Å². The van der Waals surface area contributed by atoms with Crippen molar-refractivity contribution in [2.45, 2.75) is 57.7 Å². The minimum absolute atomic E-state index is 0.190. The Labute approximate surface area is 322 Å². The molecule has 298 valence electrons. The molecule has 2 aliphatic heterocycles. The molecule has 4 aromatic rings. The Hall–Kier alpha value is -4.35. The lowest BCUT2D eigenvalue weighted by atomic mass is 9.93. The number of methoxy groups -OCH3 is 1. The first-order valence-corrected chi connectivity index (χ1v) is 19.3. The first-order chi connectivity index (χ1) is 26.6. The van der Waals surface area contributed by atoms with Crippen LogP contribution in [0, 0.1) is 23.5 Å². The van der Waals surface area contributed by atoms with E-state index < -0.39 is 6.36 Å². The van der Waals surface area contributed by atoms with Crippen LogP contribution in [-0.2, 0) is 12.8 Å². The molecule has 2 saturated heterocycles. The molecular formula is C44H53F5N2O4. The quantitative estimate of drug-likeness (QED) is 0.106. The van der Waals surface area contributed by atoms with Crippen LogP contribution in [0.25, 0.3) is 0 Å². The molecular weight excluding hydrogens is 715 g/mol. The SMILES string of the molecule is COc1ccc(CCN2CCC(CCOc3ccccc3F)CC2)cc1.Fc1ccc(OCCC2CCN(CCc3ccc(OC(F)(F)F)cc3)CC2)cc1. The van der Waals surface area contributed by atoms with E-state index in [1.807, 2.05) is 12.1 Å². The van der Waals surface area contributed by atoms with Crippen LogP contribution in [0.5, 0.6) is 23.0 Å². The van der Waals surface area contributed by atoms with Crippen molar-refractivity contribution in [3.63, 3.8) is 0 Å². The van der Waals surface area contributed by atoms with Gasteiger partial charge in [0.05, 0.1) is 20.3 Å². The van der Waals surface area contributed by atoms with Gasteiger partial charge in [-0.2, -0.15) is 0 Å². The topological polar surface area (TPSA) is 43.4 Å². The Balaban J connectivity index is 0.000000212. The summed E-state index contributed by atoms with van der Waals surface area (Å²) in [4.78, 5) is 4.93. The molecule has 0 atom stereocenters. The van der Waals surface area contributed by atoms with Crippen molar-refractivity contribution in [1.82, 2.24) is 9.80 Å². The number of ether oxygens (including phenoxy) is 4. The van der Waals surface area contributed by atoms with Gasteiger partial charge >= 0.3 is 6.36 Å². The number of nitrogens with zero attached hydrogens (tertiary/aromatic N) is 2. The average Bonchev–Trinajstić information content (AvgIpc) is 3.19. The number of piperidine rings is 2. The number of rotatable bonds is 16. The molecule has 0 aromatic heterocycles. The molecule has 6 nitrogen and oxygen atoms in total. The number of hydrogen-bond acceptors (Lipinski definition) is 6. The minimum atomic E-state index is -4.66. The van der Waals surface area contributed by atoms with Gasteiger partial charge < -0.3 is 28.7 Å². The van der Waals surface area contributed by atoms with Crippen molar-refractivity contribution in [3.05, 3.63) is 120 Å². The van der Waals surface area contributed by atoms with Gasteiger partial charge in [-0.15, -0.1) is 13.2 Å². The molecule has 0 unspecified atom stereocenters. The molecule has 55 heavy (non-hydrogen) atoms. The first kappa shape index (κ1) is 41.8. The Morgan fingerprint density at radius 2 is 1.05 bits per heavy atom. The third-order valence-electron chi connectivity index (χ3n) is 10.4. The monoisotopic (exact) mass is 768 g/mol. The number of hydrogen-bond donors (Lipinski definition) is 0. The molecule has 0 radical (unpaired) electrons. The summed E-state index contributed by atoms with van der Waals surface area (Å²) >= 11 is 0. The fourth-order valence-electron chi connectivity index (χ4n) is 6.99. The van der Waals surface area contributed by atoms with E-state index in [1.165, 1.54) is 48.7 Å². The lowest BCUT2D eigenvalue weighted by molar-refractivity contribution is -0.274. The molecule has 0 amide bonds. The number of alkyl halides is 3. The third-order valence-corrected chi connectivity index (χ3v) is 10.4. The molecule has 2 aliphatic rings. The Morgan fingerprint density at radius 1 is 0.582 bits per heavy atom. The summed E-state index contributed by atoms with van der Waals surface area (Å²) in [6, 6.07) is 27.1. The van der Waals surface area contributed by atoms with E-state index in [0.717, 1.165) is 89.1 Å². The van der Waals surface area contributed by atoms with Gasteiger partial charge in [-0.3, -0.25) is 0 Å². The van der Waals surface area contributed by atoms with Crippen LogP contribution in [0.2, 0.25) is 0 Å². The second-order valence-electron chi connectivity index (χ2n) is 14.3. The Bertz CT molecular complexity index is 1660. The highest BCUT2D eigenvalue weighted by Gasteiger charge is 2.31. The van der Waals surface area contributed by atoms with E-state index in [4.69, 9.17) is 14.2 Å². The summed E-state index contributed by atoms with van der Waals surface area (Å²) in [6.45, 7) is 7.51. The molecule has 0 N–H and O–H groups in total. The summed E-state index contributed by atoms with van der Waals surface area (Å²) in [5, 5.41) is 0. The lowest BCUT2D eigenvalue weighted by Gasteiger charge is -2.32. The molecule has 2 fully saturated rings. The van der Waals surface area contributed by atoms with Gasteiger partial charge in [0.1, 0.15) is 23.1 Å². The zero-order valence-electron chi connectivity index (χ0n) is 31.6. The Kier molecular flexibility index (Phi) is 16.5. The molecule has 0 bridgehead atoms. The van der Waals surface area contributed by atoms with E-state index in [-0.39, 0.29) is 17.4 Å². The van der Waals surface area contributed by atoms with Crippen molar-refractivity contribution >= 4 is 0 Å². The first-order valence-electron chi connectivity index (χ1n) is 19.3. The number of benzene rings is 4. The molecule has 0 spiro atoms. The molecule has 6 rings (SSSR count). The number of likely N-dealkylation sites (tertiary alicyclic amines) is 2. The highest BCUT2D eigenvalue weighted by atomic mass is 19.4. The van der Waals surface area contributed by atoms with Gasteiger partial charge in [0.2, 0.25) is 0 Å². The van der Waals surface area contributed by atoms with Crippen LogP contribution in [-0.4, -0.2) is 75.8 Å². The summed E-state index contributed by atoms with van der Waals surface area (Å²) in [7, 11) is 1.69. The zero-order chi connectivity index (χ0) is 38.9. The lowest BCUT2D eigenvalue weighted by Crippen LogP contribution is -2.35. The minimum Gasteiger partial charge on any atom is -0.497 e. The van der Waals surface area contributed by atoms with Crippen molar-refractivity contribution in [2.24, 2.45) is 11.8 Å². The van der Waals surface area contributed by atoms with Crippen LogP contribution >= 0.6 is 0 Å². The van der Waals surface area contributed by atoms with Crippen LogP contribution in [0.4, 0.5) is 22.0 Å². The van der Waals surface area contributed by atoms with Gasteiger partial charge in [-0.1, -0.05) is 36.4 Å². The van der Waals surface area contributed by atoms with Crippen LogP contribution in [0.1, 0.15) is 49.7 Å². The molecule has 0 saturated carbocycles. The molecule has 4 aromatic carbocycles. The van der Waals surface area contributed by atoms with Crippen molar-refractivity contribution in [2.75, 3.05) is 59.6 Å². The Morgan fingerprint density at radius 3 is 1.55 bits per heavy atom. The maximum Gasteiger partial charge on any atom is 0.573 e. The van der Waals surface area contributed by atoms with Gasteiger partial charge in [-0.25, -0.2) is 8.78 Å². The zero-order valence-corrected chi connectivity index (χ0v) is 31.6. The predicted molar refractivity (Wildman–Crippen MR) is 205 cm³/mol. The smallest absolute Gasteiger partial charge is 0.497 e. The number of halogens is 5. The van der Waals surface area contributed by atoms with Gasteiger partial charge in [0.15, 0.2) is 11.6 Å². The van der Waals surface area contributed by atoms with Gasteiger partial charge in [0, 0.05) is 13.1 Å². The van der Waals surface area contributed by atoms with Crippen molar-refractivity contribution in [1.29, 1.82) is 0 Å². The molecule has 2 heterocycles. The predicted octanol–water partition coefficient (Wildman–Crippen LogP) is 10.0. The van der Waals surface area contributed by atoms with Gasteiger partial charge in [-0.05, 0) is 161 Å². The summed E-state index contributed by atoms with van der Waals surface area (Å²) in [6.07, 6.45) is 3.79. The normalized spacial score (nSPS) is 15.9. The van der Waals surface area contributed by atoms with E-state index in [0.29, 0.717) is 36.5 Å². The van der Waals surface area contributed by atoms with Crippen molar-refractivity contribution < 1.29 is 40.9 Å². The third kappa shape index (κ3) is 15.4. The van der Waals surface area contributed by atoms with E-state index in [2.05, 4.69) is 26.7 Å². The highest BCUT2D eigenvalue weighted by molar-refractivity contribution is 5.28. The fourth-order valence-corrected chi connectivity index (χ4v) is 6.99. The maximum absolute atomic E-state index is 13.5. The van der Waals surface area contributed by atoms with Crippen LogP contribution in [0.15, 0.2) is 97.1 Å². The van der Waals surface area contributed by atoms with E-state index in [1.54, 1.807) is 49.6 Å². The fraction of sp³-hybridized carbons (Fsp3) is 0.455. The van der Waals surface area contributed by atoms with Crippen LogP contribution < -0.4 is 18.9 Å². The maximum atomic E-state index is 13.5. The summed E-state index contributed by atoms with van der Waals surface area (Å²) < 4.78 is 83.3.